The third-order valence-corrected chi connectivity index (χ3v) is 1.73. The highest BCUT2D eigenvalue weighted by molar-refractivity contribution is 5.90. The minimum Gasteiger partial charge on any atom is -0.399 e. The Hall–Kier alpha value is -1.71. The summed E-state index contributed by atoms with van der Waals surface area (Å²) in [4.78, 5) is 11.0. The highest BCUT2D eigenvalue weighted by Gasteiger charge is 2.01. The molecule has 4 heteroatoms. The number of amides is 2. The summed E-state index contributed by atoms with van der Waals surface area (Å²) in [6.07, 6.45) is 0. The van der Waals surface area contributed by atoms with Gasteiger partial charge in [0.05, 0.1) is 0 Å². The van der Waals surface area contributed by atoms with Crippen molar-refractivity contribution in [3.63, 3.8) is 0 Å². The molecule has 4 N–H and O–H groups in total. The quantitative estimate of drug-likeness (QED) is 0.569. The Morgan fingerprint density at radius 1 is 1.46 bits per heavy atom. The number of carbonyl (C=O) groups is 1. The number of aryl methyl sites for hydroxylation is 1. The first-order valence-corrected chi connectivity index (χ1v) is 3.98. The second kappa shape index (κ2) is 3.80. The minimum absolute atomic E-state index is 0.229. The number of hydrogen-bond donors (Lipinski definition) is 3. The highest BCUT2D eigenvalue weighted by atomic mass is 16.2. The van der Waals surface area contributed by atoms with Crippen molar-refractivity contribution in [1.82, 2.24) is 5.32 Å². The number of nitrogens with one attached hydrogen (secondary N) is 2. The zero-order valence-electron chi connectivity index (χ0n) is 7.72. The number of anilines is 2. The Bertz CT molecular complexity index is 323. The summed E-state index contributed by atoms with van der Waals surface area (Å²) in [5.41, 5.74) is 7.98. The van der Waals surface area contributed by atoms with E-state index in [1.807, 2.05) is 13.0 Å². The monoisotopic (exact) mass is 179 g/mol. The molecule has 4 nitrogen and oxygen atoms in total. The maximum Gasteiger partial charge on any atom is 0.318 e. The number of nitrogens with two attached hydrogens (primary N) is 1. The summed E-state index contributed by atoms with van der Waals surface area (Å²) in [5.74, 6) is 0. The van der Waals surface area contributed by atoms with Gasteiger partial charge in [0.1, 0.15) is 0 Å². The van der Waals surface area contributed by atoms with Crippen molar-refractivity contribution >= 4 is 17.4 Å². The van der Waals surface area contributed by atoms with E-state index < -0.39 is 0 Å². The van der Waals surface area contributed by atoms with Gasteiger partial charge < -0.3 is 16.4 Å². The van der Waals surface area contributed by atoms with Crippen LogP contribution in [0.4, 0.5) is 16.2 Å². The van der Waals surface area contributed by atoms with Crippen LogP contribution >= 0.6 is 0 Å². The molecule has 0 bridgehead atoms. The normalized spacial score (nSPS) is 9.38. The van der Waals surface area contributed by atoms with Crippen LogP contribution in [0.2, 0.25) is 0 Å². The Morgan fingerprint density at radius 3 is 2.69 bits per heavy atom. The Morgan fingerprint density at radius 2 is 2.15 bits per heavy atom. The molecule has 0 saturated carbocycles. The lowest BCUT2D eigenvalue weighted by molar-refractivity contribution is 0.254. The predicted octanol–water partition coefficient (Wildman–Crippen LogP) is 1.33. The minimum atomic E-state index is -0.229. The SMILES string of the molecule is CNC(=O)Nc1ccc(N)cc1C. The molecule has 0 unspecified atom stereocenters. The van der Waals surface area contributed by atoms with Crippen molar-refractivity contribution in [2.75, 3.05) is 18.1 Å². The molecule has 1 aromatic carbocycles. The Labute approximate surface area is 77.1 Å². The summed E-state index contributed by atoms with van der Waals surface area (Å²) in [6.45, 7) is 1.89. The smallest absolute Gasteiger partial charge is 0.318 e. The molecule has 0 aliphatic carbocycles. The molecule has 0 saturated heterocycles. The number of benzene rings is 1. The summed E-state index contributed by atoms with van der Waals surface area (Å²) >= 11 is 0. The van der Waals surface area contributed by atoms with Gasteiger partial charge in [-0.05, 0) is 30.7 Å². The first-order chi connectivity index (χ1) is 6.13. The van der Waals surface area contributed by atoms with E-state index in [2.05, 4.69) is 10.6 Å². The van der Waals surface area contributed by atoms with Gasteiger partial charge in [-0.2, -0.15) is 0 Å². The van der Waals surface area contributed by atoms with E-state index in [0.717, 1.165) is 11.3 Å². The molecular weight excluding hydrogens is 166 g/mol. The van der Waals surface area contributed by atoms with E-state index in [0.29, 0.717) is 5.69 Å². The van der Waals surface area contributed by atoms with Crippen LogP contribution in [0.15, 0.2) is 18.2 Å². The summed E-state index contributed by atoms with van der Waals surface area (Å²) in [5, 5.41) is 5.16. The summed E-state index contributed by atoms with van der Waals surface area (Å²) < 4.78 is 0. The second-order valence-electron chi connectivity index (χ2n) is 2.78. The van der Waals surface area contributed by atoms with Gasteiger partial charge >= 0.3 is 6.03 Å². The van der Waals surface area contributed by atoms with Gasteiger partial charge in [-0.1, -0.05) is 0 Å². The maximum absolute atomic E-state index is 11.0. The van der Waals surface area contributed by atoms with Gasteiger partial charge in [-0.15, -0.1) is 0 Å². The van der Waals surface area contributed by atoms with Gasteiger partial charge in [-0.3, -0.25) is 0 Å². The van der Waals surface area contributed by atoms with Crippen molar-refractivity contribution < 1.29 is 4.79 Å². The molecule has 70 valence electrons. The van der Waals surface area contributed by atoms with Crippen LogP contribution in [0.5, 0.6) is 0 Å². The lowest BCUT2D eigenvalue weighted by Gasteiger charge is -2.07. The molecule has 0 fully saturated rings. The second-order valence-corrected chi connectivity index (χ2v) is 2.78. The van der Waals surface area contributed by atoms with E-state index in [9.17, 15) is 4.79 Å². The Kier molecular flexibility index (Phi) is 2.74. The summed E-state index contributed by atoms with van der Waals surface area (Å²) in [7, 11) is 1.57. The number of carbonyl (C=O) groups excluding carboxylic acids is 1. The van der Waals surface area contributed by atoms with Crippen LogP contribution in [0, 0.1) is 6.92 Å². The standard InChI is InChI=1S/C9H13N3O/c1-6-5-7(10)3-4-8(6)12-9(13)11-2/h3-5H,10H2,1-2H3,(H2,11,12,13). The zero-order chi connectivity index (χ0) is 9.84. The molecule has 0 aliphatic rings. The molecule has 0 radical (unpaired) electrons. The largest absolute Gasteiger partial charge is 0.399 e. The van der Waals surface area contributed by atoms with Crippen LogP contribution in [-0.4, -0.2) is 13.1 Å². The Balaban J connectivity index is 2.83. The molecule has 0 heterocycles. The van der Waals surface area contributed by atoms with Crippen LogP contribution in [0.25, 0.3) is 0 Å². The van der Waals surface area contributed by atoms with Crippen LogP contribution in [-0.2, 0) is 0 Å². The van der Waals surface area contributed by atoms with Gasteiger partial charge in [0.2, 0.25) is 0 Å². The fraction of sp³-hybridized carbons (Fsp3) is 0.222. The molecule has 0 aromatic heterocycles. The van der Waals surface area contributed by atoms with E-state index in [-0.39, 0.29) is 6.03 Å². The third-order valence-electron chi connectivity index (χ3n) is 1.73. The number of hydrogen-bond acceptors (Lipinski definition) is 2. The van der Waals surface area contributed by atoms with Crippen LogP contribution in [0.3, 0.4) is 0 Å². The summed E-state index contributed by atoms with van der Waals surface area (Å²) in [6, 6.07) is 5.11. The van der Waals surface area contributed by atoms with Gasteiger partial charge in [0.15, 0.2) is 0 Å². The number of nitrogen functional groups attached to an aromatic ring is 1. The molecule has 2 amide bonds. The first-order valence-electron chi connectivity index (χ1n) is 3.98. The predicted molar refractivity (Wildman–Crippen MR) is 53.7 cm³/mol. The van der Waals surface area contributed by atoms with E-state index in [4.69, 9.17) is 5.73 Å². The number of rotatable bonds is 1. The molecular formula is C9H13N3O. The highest BCUT2D eigenvalue weighted by Crippen LogP contribution is 2.17. The lowest BCUT2D eigenvalue weighted by Crippen LogP contribution is -2.24. The number of urea groups is 1. The van der Waals surface area contributed by atoms with Crippen molar-refractivity contribution in [2.45, 2.75) is 6.92 Å². The maximum atomic E-state index is 11.0. The lowest BCUT2D eigenvalue weighted by atomic mass is 10.2. The van der Waals surface area contributed by atoms with Crippen molar-refractivity contribution in [3.8, 4) is 0 Å². The van der Waals surface area contributed by atoms with E-state index in [1.165, 1.54) is 0 Å². The molecule has 0 atom stereocenters. The molecule has 13 heavy (non-hydrogen) atoms. The zero-order valence-corrected chi connectivity index (χ0v) is 7.72. The van der Waals surface area contributed by atoms with Gasteiger partial charge in [0, 0.05) is 18.4 Å². The molecule has 1 aromatic rings. The molecule has 1 rings (SSSR count). The van der Waals surface area contributed by atoms with Gasteiger partial charge in [0.25, 0.3) is 0 Å². The van der Waals surface area contributed by atoms with Crippen LogP contribution in [0.1, 0.15) is 5.56 Å². The topological polar surface area (TPSA) is 67.2 Å². The molecule has 0 spiro atoms. The average molecular weight is 179 g/mol. The molecule has 0 aliphatic heterocycles. The van der Waals surface area contributed by atoms with Crippen molar-refractivity contribution in [1.29, 1.82) is 0 Å². The van der Waals surface area contributed by atoms with Gasteiger partial charge in [-0.25, -0.2) is 4.79 Å². The fourth-order valence-electron chi connectivity index (χ4n) is 1.01. The fourth-order valence-corrected chi connectivity index (χ4v) is 1.01. The average Bonchev–Trinajstić information content (AvgIpc) is 2.09. The first kappa shape index (κ1) is 9.38. The third kappa shape index (κ3) is 2.37. The van der Waals surface area contributed by atoms with Crippen molar-refractivity contribution in [2.24, 2.45) is 0 Å². The van der Waals surface area contributed by atoms with E-state index in [1.54, 1.807) is 19.2 Å². The van der Waals surface area contributed by atoms with Crippen molar-refractivity contribution in [3.05, 3.63) is 23.8 Å². The van der Waals surface area contributed by atoms with Crippen LogP contribution < -0.4 is 16.4 Å². The van der Waals surface area contributed by atoms with E-state index >= 15 is 0 Å².